The Kier molecular flexibility index (Phi) is 11.3. The van der Waals surface area contributed by atoms with E-state index in [1.807, 2.05) is 79.0 Å². The molecule has 8 aromatic carbocycles. The van der Waals surface area contributed by atoms with Crippen molar-refractivity contribution in [3.63, 3.8) is 0 Å². The minimum Gasteiger partial charge on any atom is -0.507 e. The van der Waals surface area contributed by atoms with Crippen molar-refractivity contribution in [2.75, 3.05) is 0 Å². The van der Waals surface area contributed by atoms with Crippen molar-refractivity contribution in [1.82, 2.24) is 14.5 Å². The summed E-state index contributed by atoms with van der Waals surface area (Å²) in [6.45, 7) is 0. The number of nitrogens with zero attached hydrogens (tertiary/aromatic N) is 3. The summed E-state index contributed by atoms with van der Waals surface area (Å²) in [7, 11) is 0. The molecule has 2 saturated carbocycles. The summed E-state index contributed by atoms with van der Waals surface area (Å²) < 4.78 is 20.3. The molecule has 342 valence electrons. The number of benzene rings is 8. The van der Waals surface area contributed by atoms with E-state index in [-0.39, 0.29) is 11.7 Å². The van der Waals surface area contributed by atoms with Crippen LogP contribution in [0.15, 0.2) is 206 Å². The Balaban J connectivity index is 1.03. The second-order valence-corrected chi connectivity index (χ2v) is 19.4. The average Bonchev–Trinajstić information content (AvgIpc) is 4.26. The minimum atomic E-state index is -1.35. The molecule has 12 rings (SSSR count). The Morgan fingerprint density at radius 2 is 1.04 bits per heavy atom. The number of phenolic OH excluding ortho intramolecular Hbond substituents is 1. The van der Waals surface area contributed by atoms with Crippen molar-refractivity contribution < 1.29 is 7.85 Å². The molecule has 2 aromatic heterocycles. The zero-order chi connectivity index (χ0) is 48.6. The molecule has 0 aliphatic heterocycles. The highest BCUT2D eigenvalue weighted by atomic mass is 16.3. The number of aromatic nitrogens is 3. The molecule has 70 heavy (non-hydrogen) atoms. The molecule has 0 saturated heterocycles. The van der Waals surface area contributed by atoms with Crippen molar-refractivity contribution in [2.24, 2.45) is 11.8 Å². The van der Waals surface area contributed by atoms with E-state index in [9.17, 15) is 5.11 Å². The largest absolute Gasteiger partial charge is 0.507 e. The average molecular weight is 910 g/mol. The highest BCUT2D eigenvalue weighted by molar-refractivity contribution is 5.99. The van der Waals surface area contributed by atoms with Gasteiger partial charge in [-0.15, -0.1) is 0 Å². The molecule has 0 atom stereocenters. The Labute approximate surface area is 414 Å². The number of rotatable bonds is 12. The molecule has 2 aliphatic rings. The van der Waals surface area contributed by atoms with Gasteiger partial charge in [0.05, 0.1) is 28.0 Å². The molecule has 0 amide bonds. The number of imidazole rings is 1. The first-order chi connectivity index (χ1) is 35.4. The maximum atomic E-state index is 12.4. The summed E-state index contributed by atoms with van der Waals surface area (Å²) in [6, 6.07) is 69.6. The van der Waals surface area contributed by atoms with Crippen molar-refractivity contribution in [3.8, 4) is 89.7 Å². The summed E-state index contributed by atoms with van der Waals surface area (Å²) in [4.78, 5) is 10.6. The number of para-hydroxylation sites is 2. The first-order valence-electron chi connectivity index (χ1n) is 26.2. The fourth-order valence-corrected chi connectivity index (χ4v) is 11.2. The van der Waals surface area contributed by atoms with Gasteiger partial charge in [0.2, 0.25) is 0 Å². The molecule has 1 N–H and O–H groups in total. The third-order valence-electron chi connectivity index (χ3n) is 14.8. The molecular formula is C66H57N3O. The Bertz CT molecular complexity index is 3540. The highest BCUT2D eigenvalue weighted by Crippen LogP contribution is 2.44. The summed E-state index contributed by atoms with van der Waals surface area (Å²) in [5, 5.41) is 12.4. The summed E-state index contributed by atoms with van der Waals surface area (Å²) in [5.41, 5.74) is 17.4. The zero-order valence-corrected chi connectivity index (χ0v) is 39.4. The maximum absolute atomic E-state index is 12.4. The lowest BCUT2D eigenvalue weighted by Crippen LogP contribution is -2.04. The second kappa shape index (κ2) is 19.3. The fourth-order valence-electron chi connectivity index (χ4n) is 11.2. The molecule has 0 radical (unpaired) electrons. The molecule has 4 nitrogen and oxygen atoms in total. The van der Waals surface area contributed by atoms with Gasteiger partial charge in [0.15, 0.2) is 0 Å². The van der Waals surface area contributed by atoms with Gasteiger partial charge < -0.3 is 5.11 Å². The van der Waals surface area contributed by atoms with Crippen LogP contribution in [0.3, 0.4) is 0 Å². The van der Waals surface area contributed by atoms with Crippen LogP contribution in [0.25, 0.3) is 95.0 Å². The van der Waals surface area contributed by atoms with E-state index in [0.717, 1.165) is 121 Å². The van der Waals surface area contributed by atoms with Gasteiger partial charge in [0.1, 0.15) is 11.6 Å². The van der Waals surface area contributed by atoms with E-state index < -0.39 is 6.37 Å². The van der Waals surface area contributed by atoms with Gasteiger partial charge in [-0.25, -0.2) is 4.98 Å². The summed E-state index contributed by atoms with van der Waals surface area (Å²) in [6.07, 6.45) is 10.9. The van der Waals surface area contributed by atoms with Crippen molar-refractivity contribution >= 4 is 11.0 Å². The monoisotopic (exact) mass is 909 g/mol. The first kappa shape index (κ1) is 41.2. The molecule has 0 spiro atoms. The van der Waals surface area contributed by atoms with Crippen LogP contribution in [0.5, 0.6) is 5.75 Å². The zero-order valence-electron chi connectivity index (χ0n) is 41.4. The lowest BCUT2D eigenvalue weighted by atomic mass is 9.93. The van der Waals surface area contributed by atoms with Crippen LogP contribution in [-0.4, -0.2) is 19.6 Å². The van der Waals surface area contributed by atoms with Crippen molar-refractivity contribution in [2.45, 2.75) is 64.2 Å². The van der Waals surface area contributed by atoms with E-state index in [1.165, 1.54) is 31.2 Å². The molecule has 10 aromatic rings. The van der Waals surface area contributed by atoms with Gasteiger partial charge in [0, 0.05) is 31.2 Å². The molecule has 2 aliphatic carbocycles. The van der Waals surface area contributed by atoms with Gasteiger partial charge in [-0.1, -0.05) is 197 Å². The van der Waals surface area contributed by atoms with Gasteiger partial charge in [-0.2, -0.15) is 0 Å². The Morgan fingerprint density at radius 1 is 0.457 bits per heavy atom. The fraction of sp³-hybridized carbons (Fsp3) is 0.182. The quantitative estimate of drug-likeness (QED) is 0.133. The minimum absolute atomic E-state index is 0.0652. The topological polar surface area (TPSA) is 50.9 Å². The Hall–Kier alpha value is -7.82. The summed E-state index contributed by atoms with van der Waals surface area (Å²) in [5.74, 6) is 1.60. The maximum Gasteiger partial charge on any atom is 0.149 e. The first-order valence-corrected chi connectivity index (χ1v) is 25.2. The van der Waals surface area contributed by atoms with Crippen molar-refractivity contribution in [1.29, 1.82) is 0 Å². The van der Waals surface area contributed by atoms with E-state index in [2.05, 4.69) is 132 Å². The number of fused-ring (bicyclic) bond motifs is 1. The van der Waals surface area contributed by atoms with E-state index in [4.69, 9.17) is 12.7 Å². The highest BCUT2D eigenvalue weighted by Gasteiger charge is 2.25. The molecule has 4 heteroatoms. The standard InChI is InChI=1S/C66H57N3O/c70-65-58(51-22-6-2-7-23-51)27-14-28-59(65)66-68-64-57(26-15-29-63(64)69(66)62-35-32-48(39-46-18-12-13-19-46)40-60(62)52-24-8-3-9-25-52)55-41-54(49-20-4-1-5-21-49)42-56(43-55)61-44-53(36-37-67-61)50-33-30-47(31-34-50)38-45-16-10-11-17-45/h1-9,14-15,20-37,40-46,70H,10-13,16-19,38-39H2/i38D2. The van der Waals surface area contributed by atoms with Crippen LogP contribution >= 0.6 is 0 Å². The lowest BCUT2D eigenvalue weighted by molar-refractivity contribution is 0.479. The van der Waals surface area contributed by atoms with Crippen LogP contribution in [0.1, 0.15) is 65.2 Å². The predicted molar refractivity (Wildman–Crippen MR) is 290 cm³/mol. The van der Waals surface area contributed by atoms with E-state index in [0.29, 0.717) is 17.3 Å². The number of phenols is 1. The van der Waals surface area contributed by atoms with Gasteiger partial charge in [0.25, 0.3) is 0 Å². The predicted octanol–water partition coefficient (Wildman–Crippen LogP) is 17.3. The molecular weight excluding hydrogens is 851 g/mol. The normalized spacial score (nSPS) is 14.8. The number of aromatic hydroxyl groups is 1. The molecule has 0 bridgehead atoms. The third kappa shape index (κ3) is 8.75. The van der Waals surface area contributed by atoms with E-state index in [1.54, 1.807) is 0 Å². The van der Waals surface area contributed by atoms with Crippen LogP contribution in [-0.2, 0) is 12.8 Å². The van der Waals surface area contributed by atoms with Gasteiger partial charge in [-0.05, 0) is 129 Å². The Morgan fingerprint density at radius 3 is 1.77 bits per heavy atom. The number of hydrogen-bond acceptors (Lipinski definition) is 3. The van der Waals surface area contributed by atoms with Gasteiger partial charge >= 0.3 is 0 Å². The number of pyridine rings is 1. The second-order valence-electron chi connectivity index (χ2n) is 19.4. The smallest absolute Gasteiger partial charge is 0.149 e. The lowest BCUT2D eigenvalue weighted by Gasteiger charge is -2.18. The number of hydrogen-bond donors (Lipinski definition) is 1. The SMILES string of the molecule is [2H]C([2H])(c1ccc(-c2ccnc(-c3cc(-c4ccccc4)cc(-c4cccc5c4nc(-c4cccc(-c6ccccc6)c4O)n5-c4ccc(CC5CCCC5)cc4-c4ccccc4)c3)c2)cc1)C1CCCC1. The summed E-state index contributed by atoms with van der Waals surface area (Å²) >= 11 is 0. The molecule has 2 heterocycles. The third-order valence-corrected chi connectivity index (χ3v) is 14.8. The van der Waals surface area contributed by atoms with Crippen LogP contribution in [0, 0.1) is 11.8 Å². The van der Waals surface area contributed by atoms with Crippen molar-refractivity contribution in [3.05, 3.63) is 218 Å². The van der Waals surface area contributed by atoms with Crippen LogP contribution < -0.4 is 0 Å². The van der Waals surface area contributed by atoms with Crippen LogP contribution in [0.4, 0.5) is 0 Å². The molecule has 2 fully saturated rings. The van der Waals surface area contributed by atoms with E-state index >= 15 is 0 Å². The molecule has 0 unspecified atom stereocenters. The van der Waals surface area contributed by atoms with Crippen LogP contribution in [0.2, 0.25) is 0 Å². The van der Waals surface area contributed by atoms with Gasteiger partial charge in [-0.3, -0.25) is 9.55 Å².